The number of carbonyl (C=O) groups is 1. The van der Waals surface area contributed by atoms with E-state index in [1.54, 1.807) is 18.5 Å². The first-order chi connectivity index (χ1) is 14.9. The fraction of sp³-hybridized carbons (Fsp3) is 0.250. The molecule has 0 spiro atoms. The first kappa shape index (κ1) is 20.5. The van der Waals surface area contributed by atoms with Crippen LogP contribution in [-0.4, -0.2) is 43.7 Å². The molecule has 1 aliphatic heterocycles. The lowest BCUT2D eigenvalue weighted by Crippen LogP contribution is -2.48. The molecule has 0 aliphatic carbocycles. The van der Waals surface area contributed by atoms with Crippen LogP contribution in [0.5, 0.6) is 11.5 Å². The summed E-state index contributed by atoms with van der Waals surface area (Å²) < 4.78 is 11.8. The van der Waals surface area contributed by atoms with E-state index in [0.29, 0.717) is 30.3 Å². The predicted octanol–water partition coefficient (Wildman–Crippen LogP) is 4.04. The van der Waals surface area contributed by atoms with Crippen LogP contribution < -0.4 is 25.0 Å². The number of hydrogen-bond donors (Lipinski definition) is 2. The summed E-state index contributed by atoms with van der Waals surface area (Å²) in [4.78, 5) is 18.9. The van der Waals surface area contributed by atoms with Gasteiger partial charge in [0.15, 0.2) is 0 Å². The highest BCUT2D eigenvalue weighted by molar-refractivity contribution is 6.05. The zero-order valence-electron chi connectivity index (χ0n) is 17.9. The highest BCUT2D eigenvalue weighted by atomic mass is 16.5. The van der Waals surface area contributed by atoms with Crippen LogP contribution in [0.3, 0.4) is 0 Å². The zero-order chi connectivity index (χ0) is 21.8. The van der Waals surface area contributed by atoms with Gasteiger partial charge in [-0.3, -0.25) is 9.78 Å². The maximum Gasteiger partial charge on any atom is 0.255 e. The van der Waals surface area contributed by atoms with Crippen LogP contribution in [0.2, 0.25) is 0 Å². The van der Waals surface area contributed by atoms with Crippen molar-refractivity contribution in [1.82, 2.24) is 4.98 Å². The van der Waals surface area contributed by atoms with E-state index in [9.17, 15) is 4.79 Å². The van der Waals surface area contributed by atoms with E-state index in [1.165, 1.54) is 0 Å². The lowest BCUT2D eigenvalue weighted by molar-refractivity contribution is 0.102. The minimum atomic E-state index is -0.446. The summed E-state index contributed by atoms with van der Waals surface area (Å²) in [6.45, 7) is 2.86. The van der Waals surface area contributed by atoms with Crippen molar-refractivity contribution in [3.05, 3.63) is 72.6 Å². The van der Waals surface area contributed by atoms with Crippen molar-refractivity contribution in [1.29, 1.82) is 0 Å². The monoisotopic (exact) mass is 418 g/mol. The van der Waals surface area contributed by atoms with E-state index in [1.807, 2.05) is 74.4 Å². The number of ether oxygens (including phenoxy) is 2. The Morgan fingerprint density at radius 1 is 1.23 bits per heavy atom. The SMILES string of the molecule is CN(C)c1cccc(NC(=O)c2ccc3c(c2)NC(C)(COc2cccnc2)CO3)c1. The second-order valence-electron chi connectivity index (χ2n) is 8.06. The number of aromatic nitrogens is 1. The molecule has 0 saturated carbocycles. The van der Waals surface area contributed by atoms with Crippen LogP contribution in [0.1, 0.15) is 17.3 Å². The highest BCUT2D eigenvalue weighted by Crippen LogP contribution is 2.34. The van der Waals surface area contributed by atoms with Crippen LogP contribution in [0.15, 0.2) is 67.0 Å². The maximum absolute atomic E-state index is 12.8. The number of fused-ring (bicyclic) bond motifs is 1. The minimum Gasteiger partial charge on any atom is -0.489 e. The summed E-state index contributed by atoms with van der Waals surface area (Å²) in [6, 6.07) is 16.8. The molecule has 2 N–H and O–H groups in total. The third kappa shape index (κ3) is 4.88. The highest BCUT2D eigenvalue weighted by Gasteiger charge is 2.32. The summed E-state index contributed by atoms with van der Waals surface area (Å²) in [5.41, 5.74) is 2.62. The first-order valence-corrected chi connectivity index (χ1v) is 10.1. The Hall–Kier alpha value is -3.74. The van der Waals surface area contributed by atoms with Gasteiger partial charge in [-0.15, -0.1) is 0 Å². The van der Waals surface area contributed by atoms with E-state index in [2.05, 4.69) is 15.6 Å². The number of anilines is 3. The Morgan fingerprint density at radius 3 is 2.87 bits per heavy atom. The lowest BCUT2D eigenvalue weighted by atomic mass is 10.0. The molecule has 0 radical (unpaired) electrons. The molecular formula is C24H26N4O3. The molecule has 1 atom stereocenters. The summed E-state index contributed by atoms with van der Waals surface area (Å²) in [5, 5.41) is 6.43. The smallest absolute Gasteiger partial charge is 0.255 e. The molecule has 31 heavy (non-hydrogen) atoms. The molecule has 2 aromatic carbocycles. The standard InChI is InChI=1S/C24H26N4O3/c1-24(15-30-20-8-5-11-25-14-20)16-31-22-10-9-17(12-21(22)27-24)23(29)26-18-6-4-7-19(13-18)28(2)3/h4-14,27H,15-16H2,1-3H3,(H,26,29). The molecule has 3 aromatic rings. The summed E-state index contributed by atoms with van der Waals surface area (Å²) in [5.74, 6) is 1.23. The lowest BCUT2D eigenvalue weighted by Gasteiger charge is -2.36. The molecule has 7 nitrogen and oxygen atoms in total. The first-order valence-electron chi connectivity index (χ1n) is 10.1. The molecule has 7 heteroatoms. The van der Waals surface area contributed by atoms with E-state index in [-0.39, 0.29) is 5.91 Å². The normalized spacial score (nSPS) is 17.0. The van der Waals surface area contributed by atoms with Crippen LogP contribution in [-0.2, 0) is 0 Å². The van der Waals surface area contributed by atoms with Gasteiger partial charge >= 0.3 is 0 Å². The number of hydrogen-bond acceptors (Lipinski definition) is 6. The van der Waals surface area contributed by atoms with Gasteiger partial charge in [0, 0.05) is 37.2 Å². The van der Waals surface area contributed by atoms with Gasteiger partial charge in [-0.1, -0.05) is 6.07 Å². The van der Waals surface area contributed by atoms with Crippen molar-refractivity contribution in [3.63, 3.8) is 0 Å². The van der Waals surface area contributed by atoms with Gasteiger partial charge in [-0.05, 0) is 55.5 Å². The van der Waals surface area contributed by atoms with Crippen molar-refractivity contribution in [2.75, 3.05) is 42.8 Å². The van der Waals surface area contributed by atoms with Crippen molar-refractivity contribution in [2.45, 2.75) is 12.5 Å². The maximum atomic E-state index is 12.8. The molecule has 4 rings (SSSR count). The molecule has 1 aliphatic rings. The molecule has 0 bridgehead atoms. The van der Waals surface area contributed by atoms with Crippen LogP contribution in [0.25, 0.3) is 0 Å². The second-order valence-corrected chi connectivity index (χ2v) is 8.06. The van der Waals surface area contributed by atoms with Gasteiger partial charge in [0.1, 0.15) is 30.3 Å². The molecule has 160 valence electrons. The average molecular weight is 418 g/mol. The van der Waals surface area contributed by atoms with Gasteiger partial charge in [0.25, 0.3) is 5.91 Å². The number of rotatable bonds is 6. The number of pyridine rings is 1. The fourth-order valence-electron chi connectivity index (χ4n) is 3.31. The van der Waals surface area contributed by atoms with Crippen molar-refractivity contribution in [2.24, 2.45) is 0 Å². The van der Waals surface area contributed by atoms with E-state index in [0.717, 1.165) is 17.1 Å². The Bertz CT molecular complexity index is 1070. The molecule has 0 saturated heterocycles. The second kappa shape index (κ2) is 8.55. The van der Waals surface area contributed by atoms with Crippen LogP contribution >= 0.6 is 0 Å². The molecule has 1 aromatic heterocycles. The van der Waals surface area contributed by atoms with Crippen molar-refractivity contribution < 1.29 is 14.3 Å². The van der Waals surface area contributed by atoms with Gasteiger partial charge in [0.2, 0.25) is 0 Å². The Kier molecular flexibility index (Phi) is 5.66. The summed E-state index contributed by atoms with van der Waals surface area (Å²) in [7, 11) is 3.93. The third-order valence-electron chi connectivity index (χ3n) is 5.04. The number of nitrogens with zero attached hydrogens (tertiary/aromatic N) is 2. The molecule has 0 fully saturated rings. The van der Waals surface area contributed by atoms with E-state index in [4.69, 9.17) is 9.47 Å². The van der Waals surface area contributed by atoms with E-state index >= 15 is 0 Å². The number of benzene rings is 2. The van der Waals surface area contributed by atoms with Gasteiger partial charge in [0.05, 0.1) is 11.9 Å². The zero-order valence-corrected chi connectivity index (χ0v) is 17.9. The van der Waals surface area contributed by atoms with Crippen molar-refractivity contribution in [3.8, 4) is 11.5 Å². The molecule has 1 unspecified atom stereocenters. The largest absolute Gasteiger partial charge is 0.489 e. The topological polar surface area (TPSA) is 75.7 Å². The Balaban J connectivity index is 1.46. The number of carbonyl (C=O) groups excluding carboxylic acids is 1. The Labute approximate surface area is 182 Å². The van der Waals surface area contributed by atoms with E-state index < -0.39 is 5.54 Å². The Morgan fingerprint density at radius 2 is 2.10 bits per heavy atom. The minimum absolute atomic E-state index is 0.181. The summed E-state index contributed by atoms with van der Waals surface area (Å²) in [6.07, 6.45) is 3.38. The number of nitrogens with one attached hydrogen (secondary N) is 2. The van der Waals surface area contributed by atoms with Crippen molar-refractivity contribution >= 4 is 23.0 Å². The predicted molar refractivity (Wildman–Crippen MR) is 122 cm³/mol. The molecular weight excluding hydrogens is 392 g/mol. The number of amides is 1. The molecule has 2 heterocycles. The third-order valence-corrected chi connectivity index (χ3v) is 5.04. The molecule has 1 amide bonds. The van der Waals surface area contributed by atoms with Gasteiger partial charge in [-0.25, -0.2) is 0 Å². The van der Waals surface area contributed by atoms with Gasteiger partial charge in [-0.2, -0.15) is 0 Å². The quantitative estimate of drug-likeness (QED) is 0.629. The average Bonchev–Trinajstić information content (AvgIpc) is 2.78. The summed E-state index contributed by atoms with van der Waals surface area (Å²) >= 11 is 0. The van der Waals surface area contributed by atoms with Crippen LogP contribution in [0, 0.1) is 0 Å². The van der Waals surface area contributed by atoms with Crippen LogP contribution in [0.4, 0.5) is 17.1 Å². The van der Waals surface area contributed by atoms with Gasteiger partial charge < -0.3 is 25.0 Å². The fourth-order valence-corrected chi connectivity index (χ4v) is 3.31.